The Morgan fingerprint density at radius 1 is 1.02 bits per heavy atom. The molecule has 1 aromatic rings. The van der Waals surface area contributed by atoms with Gasteiger partial charge in [-0.1, -0.05) is 37.6 Å². The first kappa shape index (κ1) is 26.9. The van der Waals surface area contributed by atoms with E-state index < -0.39 is 21.9 Å². The van der Waals surface area contributed by atoms with Gasteiger partial charge in [0.15, 0.2) is 0 Å². The number of aliphatic carboxylic acids is 1. The molecule has 1 saturated heterocycles. The summed E-state index contributed by atoms with van der Waals surface area (Å²) >= 11 is 0. The highest BCUT2D eigenvalue weighted by Crippen LogP contribution is 2.67. The number of nitrogens with zero attached hydrogens (tertiary/aromatic N) is 2. The Morgan fingerprint density at radius 3 is 2.55 bits per heavy atom. The number of rotatable bonds is 5. The normalized spacial score (nSPS) is 41.8. The van der Waals surface area contributed by atoms with Crippen LogP contribution >= 0.6 is 0 Å². The number of carbonyl (C=O) groups is 1. The van der Waals surface area contributed by atoms with Crippen LogP contribution in [0.5, 0.6) is 0 Å². The Morgan fingerprint density at radius 2 is 1.82 bits per heavy atom. The maximum Gasteiger partial charge on any atom is 0.306 e. The molecule has 6 nitrogen and oxygen atoms in total. The summed E-state index contributed by atoms with van der Waals surface area (Å²) in [7, 11) is -3.33. The van der Waals surface area contributed by atoms with E-state index in [9.17, 15) is 18.3 Å². The van der Waals surface area contributed by atoms with Gasteiger partial charge in [-0.2, -0.15) is 4.31 Å². The van der Waals surface area contributed by atoms with Gasteiger partial charge in [0.05, 0.1) is 11.2 Å². The Kier molecular flexibility index (Phi) is 6.40. The molecule has 5 aliphatic carbocycles. The standard InChI is InChI=1S/C33H44N2O4S/c1-32-14-11-21(30-19-22(31(36)37)13-17-35(30)40(38,39)25-6-7-25)18-24(32)5-8-26-28-10-9-27(23-4-3-16-34-20-23)33(28,2)15-12-29(26)32/h3-5,9,16,20-22,25-26,28-30H,6-8,10-15,17-19H2,1-2H3,(H,36,37)/t21-,22?,26-,28-,29-,30?,32-,33+/m0/s1. The second-order valence-electron chi connectivity index (χ2n) is 14.3. The topological polar surface area (TPSA) is 87.6 Å². The lowest BCUT2D eigenvalue weighted by Crippen LogP contribution is -2.54. The monoisotopic (exact) mass is 564 g/mol. The van der Waals surface area contributed by atoms with Crippen molar-refractivity contribution < 1.29 is 18.3 Å². The predicted octanol–water partition coefficient (Wildman–Crippen LogP) is 6.31. The molecule has 7 heteroatoms. The second-order valence-corrected chi connectivity index (χ2v) is 16.5. The van der Waals surface area contributed by atoms with E-state index in [4.69, 9.17) is 0 Å². The lowest BCUT2D eigenvalue weighted by atomic mass is 9.46. The second kappa shape index (κ2) is 9.52. The van der Waals surface area contributed by atoms with E-state index >= 15 is 0 Å². The van der Waals surface area contributed by atoms with Gasteiger partial charge in [-0.3, -0.25) is 9.78 Å². The molecule has 0 bridgehead atoms. The van der Waals surface area contributed by atoms with Crippen LogP contribution < -0.4 is 0 Å². The SMILES string of the molecule is C[C@]12CC[C@H](C3CC(C(=O)O)CCN3S(=O)(=O)C3CC3)CC1=CC[C@@H]1[C@@H]2CC[C@]2(C)C(c3cccnc3)=CC[C@@H]12. The Balaban J connectivity index is 1.13. The van der Waals surface area contributed by atoms with Crippen LogP contribution in [0.1, 0.15) is 90.0 Å². The highest BCUT2D eigenvalue weighted by atomic mass is 32.2. The summed E-state index contributed by atoms with van der Waals surface area (Å²) in [6.45, 7) is 5.36. The first-order valence-corrected chi connectivity index (χ1v) is 17.2. The number of piperidine rings is 1. The zero-order chi connectivity index (χ0) is 27.9. The van der Waals surface area contributed by atoms with Gasteiger partial charge in [-0.15, -0.1) is 0 Å². The predicted molar refractivity (Wildman–Crippen MR) is 156 cm³/mol. The molecule has 0 spiro atoms. The lowest BCUT2D eigenvalue weighted by Gasteiger charge is -2.58. The molecule has 6 aliphatic rings. The number of pyridine rings is 1. The van der Waals surface area contributed by atoms with Crippen molar-refractivity contribution in [1.82, 2.24) is 9.29 Å². The minimum Gasteiger partial charge on any atom is -0.481 e. The zero-order valence-corrected chi connectivity index (χ0v) is 24.8. The minimum atomic E-state index is -3.33. The highest BCUT2D eigenvalue weighted by molar-refractivity contribution is 7.90. The number of fused-ring (bicyclic) bond motifs is 5. The fourth-order valence-electron chi connectivity index (χ4n) is 10.1. The number of sulfonamides is 1. The van der Waals surface area contributed by atoms with Crippen LogP contribution in [0, 0.1) is 40.4 Å². The molecule has 1 aromatic heterocycles. The molecule has 2 heterocycles. The molecule has 3 saturated carbocycles. The molecule has 2 unspecified atom stereocenters. The summed E-state index contributed by atoms with van der Waals surface area (Å²) in [6.07, 6.45) is 19.0. The molecule has 1 N–H and O–H groups in total. The van der Waals surface area contributed by atoms with Gasteiger partial charge in [-0.05, 0) is 122 Å². The van der Waals surface area contributed by atoms with Crippen LogP contribution in [0.2, 0.25) is 0 Å². The van der Waals surface area contributed by atoms with E-state index in [1.165, 1.54) is 29.6 Å². The summed E-state index contributed by atoms with van der Waals surface area (Å²) in [5.41, 5.74) is 4.68. The van der Waals surface area contributed by atoms with Crippen LogP contribution in [0.25, 0.3) is 5.57 Å². The summed E-state index contributed by atoms with van der Waals surface area (Å²) in [6, 6.07) is 4.09. The number of aromatic nitrogens is 1. The molecule has 40 heavy (non-hydrogen) atoms. The molecular formula is C33H44N2O4S. The van der Waals surface area contributed by atoms with Crippen molar-refractivity contribution in [2.45, 2.75) is 95.8 Å². The van der Waals surface area contributed by atoms with Crippen LogP contribution in [-0.2, 0) is 14.8 Å². The van der Waals surface area contributed by atoms with Crippen LogP contribution in [0.15, 0.2) is 42.3 Å². The van der Waals surface area contributed by atoms with Gasteiger partial charge in [0.25, 0.3) is 0 Å². The van der Waals surface area contributed by atoms with Crippen LogP contribution in [0.4, 0.5) is 0 Å². The van der Waals surface area contributed by atoms with Crippen molar-refractivity contribution in [3.8, 4) is 0 Å². The fourth-order valence-corrected chi connectivity index (χ4v) is 12.2. The first-order valence-electron chi connectivity index (χ1n) is 15.7. The van der Waals surface area contributed by atoms with Gasteiger partial charge in [0.2, 0.25) is 10.0 Å². The number of allylic oxidation sites excluding steroid dienone is 4. The molecule has 4 fully saturated rings. The smallest absolute Gasteiger partial charge is 0.306 e. The number of hydrogen-bond donors (Lipinski definition) is 1. The maximum atomic E-state index is 13.4. The molecular weight excluding hydrogens is 520 g/mol. The van der Waals surface area contributed by atoms with Gasteiger partial charge in [0.1, 0.15) is 0 Å². The Hall–Kier alpha value is -1.99. The Labute approximate surface area is 239 Å². The summed E-state index contributed by atoms with van der Waals surface area (Å²) in [4.78, 5) is 16.4. The third kappa shape index (κ3) is 4.08. The maximum absolute atomic E-state index is 13.4. The van der Waals surface area contributed by atoms with Crippen molar-refractivity contribution >= 4 is 21.6 Å². The molecule has 0 radical (unpaired) electrons. The fraction of sp³-hybridized carbons (Fsp3) is 0.697. The highest BCUT2D eigenvalue weighted by Gasteiger charge is 2.58. The van der Waals surface area contributed by atoms with E-state index in [2.05, 4.69) is 43.1 Å². The number of carboxylic acid groups (broad SMARTS) is 1. The molecule has 0 amide bonds. The lowest BCUT2D eigenvalue weighted by molar-refractivity contribution is -0.144. The van der Waals surface area contributed by atoms with E-state index in [1.54, 1.807) is 4.31 Å². The largest absolute Gasteiger partial charge is 0.481 e. The zero-order valence-electron chi connectivity index (χ0n) is 24.0. The van der Waals surface area contributed by atoms with E-state index in [0.717, 1.165) is 44.9 Å². The minimum absolute atomic E-state index is 0.166. The van der Waals surface area contributed by atoms with E-state index in [0.29, 0.717) is 37.1 Å². The van der Waals surface area contributed by atoms with Crippen molar-refractivity contribution in [2.24, 2.45) is 40.4 Å². The molecule has 1 aliphatic heterocycles. The Bertz CT molecular complexity index is 1350. The van der Waals surface area contributed by atoms with Gasteiger partial charge < -0.3 is 5.11 Å². The van der Waals surface area contributed by atoms with Gasteiger partial charge in [-0.25, -0.2) is 8.42 Å². The van der Waals surface area contributed by atoms with Crippen LogP contribution in [0.3, 0.4) is 0 Å². The third-order valence-corrected chi connectivity index (χ3v) is 14.9. The van der Waals surface area contributed by atoms with Crippen molar-refractivity contribution in [1.29, 1.82) is 0 Å². The summed E-state index contributed by atoms with van der Waals surface area (Å²) in [5, 5.41) is 9.58. The summed E-state index contributed by atoms with van der Waals surface area (Å²) < 4.78 is 28.6. The van der Waals surface area contributed by atoms with Gasteiger partial charge in [0, 0.05) is 25.0 Å². The number of carboxylic acids is 1. The first-order chi connectivity index (χ1) is 19.1. The summed E-state index contributed by atoms with van der Waals surface area (Å²) in [5.74, 6) is 1.00. The molecule has 8 atom stereocenters. The molecule has 7 rings (SSSR count). The van der Waals surface area contributed by atoms with Crippen molar-refractivity contribution in [3.05, 3.63) is 47.8 Å². The average molecular weight is 565 g/mol. The molecule has 0 aromatic carbocycles. The number of hydrogen-bond acceptors (Lipinski definition) is 4. The quantitative estimate of drug-likeness (QED) is 0.424. The van der Waals surface area contributed by atoms with Crippen molar-refractivity contribution in [2.75, 3.05) is 6.54 Å². The van der Waals surface area contributed by atoms with E-state index in [1.807, 2.05) is 12.4 Å². The van der Waals surface area contributed by atoms with Crippen molar-refractivity contribution in [3.63, 3.8) is 0 Å². The molecule has 216 valence electrons. The van der Waals surface area contributed by atoms with E-state index in [-0.39, 0.29) is 28.0 Å². The third-order valence-electron chi connectivity index (χ3n) is 12.5. The van der Waals surface area contributed by atoms with Crippen LogP contribution in [-0.4, -0.2) is 46.6 Å². The average Bonchev–Trinajstić information content (AvgIpc) is 3.75. The van der Waals surface area contributed by atoms with Gasteiger partial charge >= 0.3 is 5.97 Å².